The number of nitrogens with zero attached hydrogens (tertiary/aromatic N) is 4. The van der Waals surface area contributed by atoms with Crippen molar-refractivity contribution in [1.82, 2.24) is 15.2 Å². The zero-order chi connectivity index (χ0) is 35.5. The molecule has 0 spiro atoms. The van der Waals surface area contributed by atoms with Gasteiger partial charge in [0, 0.05) is 18.4 Å². The van der Waals surface area contributed by atoms with Crippen molar-refractivity contribution in [3.63, 3.8) is 0 Å². The van der Waals surface area contributed by atoms with Crippen LogP contribution in [-0.4, -0.2) is 64.1 Å². The Balaban J connectivity index is 1.94. The average molecular weight is 679 g/mol. The number of imide groups is 1. The van der Waals surface area contributed by atoms with Crippen LogP contribution >= 0.6 is 0 Å². The Morgan fingerprint density at radius 1 is 0.979 bits per heavy atom. The number of aromatic nitrogens is 3. The lowest BCUT2D eigenvalue weighted by atomic mass is 9.98. The molecule has 1 aliphatic rings. The monoisotopic (exact) mass is 678 g/mol. The SMILES string of the molecule is Cc1cc(N(C(=O)OC(C)(C)C)C(=O)OC(C)(C)C)c2nc1O[C@H](C)CCOCCC(OCc1ccccc1)(C(F)(F)F)c1nnc-2o1. The number of hydrogen-bond donors (Lipinski definition) is 0. The Morgan fingerprint density at radius 3 is 2.19 bits per heavy atom. The molecule has 0 N–H and O–H groups in total. The second-order valence-electron chi connectivity index (χ2n) is 13.4. The van der Waals surface area contributed by atoms with Gasteiger partial charge in [0.25, 0.3) is 11.8 Å². The molecule has 2 aromatic heterocycles. The van der Waals surface area contributed by atoms with Gasteiger partial charge in [0.05, 0.1) is 31.6 Å². The van der Waals surface area contributed by atoms with Gasteiger partial charge in [-0.05, 0) is 67.0 Å². The van der Waals surface area contributed by atoms with Crippen LogP contribution in [0.1, 0.15) is 78.3 Å². The van der Waals surface area contributed by atoms with Gasteiger partial charge in [-0.3, -0.25) is 0 Å². The first kappa shape index (κ1) is 36.6. The minimum Gasteiger partial charge on any atom is -0.474 e. The Kier molecular flexibility index (Phi) is 10.7. The van der Waals surface area contributed by atoms with Crippen molar-refractivity contribution in [3.05, 3.63) is 53.4 Å². The van der Waals surface area contributed by atoms with Gasteiger partial charge < -0.3 is 28.1 Å². The van der Waals surface area contributed by atoms with Crippen LogP contribution in [0.4, 0.5) is 28.4 Å². The highest BCUT2D eigenvalue weighted by Crippen LogP contribution is 2.46. The normalized spacial score (nSPS) is 19.1. The number of carbonyl (C=O) groups excluding carboxylic acids is 2. The van der Waals surface area contributed by atoms with E-state index in [0.717, 1.165) is 0 Å². The topological polar surface area (TPSA) is 135 Å². The molecule has 0 saturated carbocycles. The number of alkyl halides is 3. The molecule has 0 saturated heterocycles. The minimum atomic E-state index is -5.05. The summed E-state index contributed by atoms with van der Waals surface area (Å²) in [5.74, 6) is -1.43. The molecule has 48 heavy (non-hydrogen) atoms. The lowest BCUT2D eigenvalue weighted by Gasteiger charge is -2.32. The van der Waals surface area contributed by atoms with Crippen LogP contribution in [0.15, 0.2) is 40.8 Å². The van der Waals surface area contributed by atoms with Crippen molar-refractivity contribution >= 4 is 17.9 Å². The molecule has 1 aliphatic heterocycles. The smallest absolute Gasteiger partial charge is 0.426 e. The molecule has 0 radical (unpaired) electrons. The average Bonchev–Trinajstić information content (AvgIpc) is 3.44. The number of pyridine rings is 1. The van der Waals surface area contributed by atoms with Crippen molar-refractivity contribution in [2.24, 2.45) is 0 Å². The predicted molar refractivity (Wildman–Crippen MR) is 166 cm³/mol. The first-order valence-corrected chi connectivity index (χ1v) is 15.4. The molecule has 262 valence electrons. The molecular weight excluding hydrogens is 637 g/mol. The second-order valence-corrected chi connectivity index (χ2v) is 13.4. The van der Waals surface area contributed by atoms with Gasteiger partial charge in [0.15, 0.2) is 5.69 Å². The molecule has 3 heterocycles. The van der Waals surface area contributed by atoms with Crippen molar-refractivity contribution in [2.75, 3.05) is 18.1 Å². The highest BCUT2D eigenvalue weighted by molar-refractivity contribution is 6.11. The molecule has 0 aliphatic carbocycles. The number of amides is 2. The number of carbonyl (C=O) groups is 2. The molecule has 4 bridgehead atoms. The molecule has 12 nitrogen and oxygen atoms in total. The highest BCUT2D eigenvalue weighted by Gasteiger charge is 2.61. The van der Waals surface area contributed by atoms with E-state index in [1.165, 1.54) is 6.07 Å². The van der Waals surface area contributed by atoms with E-state index in [1.807, 2.05) is 0 Å². The lowest BCUT2D eigenvalue weighted by molar-refractivity contribution is -0.302. The molecule has 1 aromatic carbocycles. The van der Waals surface area contributed by atoms with E-state index in [4.69, 9.17) is 28.1 Å². The van der Waals surface area contributed by atoms with Gasteiger partial charge in [-0.25, -0.2) is 14.6 Å². The highest BCUT2D eigenvalue weighted by atomic mass is 19.4. The van der Waals surface area contributed by atoms with E-state index in [9.17, 15) is 9.59 Å². The largest absolute Gasteiger partial charge is 0.474 e. The van der Waals surface area contributed by atoms with Crippen molar-refractivity contribution < 1.29 is 50.9 Å². The van der Waals surface area contributed by atoms with Gasteiger partial charge >= 0.3 is 18.4 Å². The zero-order valence-electron chi connectivity index (χ0n) is 28.3. The fraction of sp³-hybridized carbons (Fsp3) is 0.545. The third-order valence-corrected chi connectivity index (χ3v) is 6.88. The van der Waals surface area contributed by atoms with E-state index < -0.39 is 66.1 Å². The second kappa shape index (κ2) is 14.1. The molecule has 2 atom stereocenters. The van der Waals surface area contributed by atoms with Crippen molar-refractivity contribution in [1.29, 1.82) is 0 Å². The maximum absolute atomic E-state index is 15.1. The summed E-state index contributed by atoms with van der Waals surface area (Å²) < 4.78 is 79.5. The van der Waals surface area contributed by atoms with Crippen LogP contribution in [0.25, 0.3) is 11.6 Å². The van der Waals surface area contributed by atoms with Gasteiger partial charge in [0.2, 0.25) is 11.5 Å². The van der Waals surface area contributed by atoms with Gasteiger partial charge in [0.1, 0.15) is 11.2 Å². The quantitative estimate of drug-likeness (QED) is 0.269. The third-order valence-electron chi connectivity index (χ3n) is 6.88. The van der Waals surface area contributed by atoms with E-state index in [-0.39, 0.29) is 30.5 Å². The summed E-state index contributed by atoms with van der Waals surface area (Å²) in [7, 11) is 0. The molecule has 15 heteroatoms. The number of aryl methyl sites for hydroxylation is 1. The van der Waals surface area contributed by atoms with Crippen LogP contribution in [0.3, 0.4) is 0 Å². The molecule has 4 rings (SSSR count). The number of ether oxygens (including phenoxy) is 5. The Bertz CT molecular complexity index is 1560. The molecule has 0 fully saturated rings. The summed E-state index contributed by atoms with van der Waals surface area (Å²) in [4.78, 5) is 32.3. The first-order chi connectivity index (χ1) is 22.3. The number of hydrogen-bond acceptors (Lipinski definition) is 11. The molecular formula is C33H41F3N4O8. The minimum absolute atomic E-state index is 0.0498. The standard InChI is InChI=1S/C33H41F3N4O8/c1-20-18-23(40(28(41)47-30(3,4)5)29(42)48-31(6,7)8)24-26-38-39-27(46-26)32(33(34,35)36,44-19-22-12-10-9-11-13-22)15-17-43-16-14-21(2)45-25(20)37-24/h9-13,18,21H,14-17,19H2,1-8H3/t21-,32?/m1/s1. The van der Waals surface area contributed by atoms with Crippen LogP contribution < -0.4 is 9.64 Å². The summed E-state index contributed by atoms with van der Waals surface area (Å²) in [5.41, 5.74) is -4.91. The zero-order valence-corrected chi connectivity index (χ0v) is 28.3. The van der Waals surface area contributed by atoms with E-state index in [2.05, 4.69) is 15.2 Å². The summed E-state index contributed by atoms with van der Waals surface area (Å²) in [5, 5.41) is 7.71. The number of fused-ring (bicyclic) bond motifs is 5. The lowest BCUT2D eigenvalue weighted by Crippen LogP contribution is -2.46. The number of anilines is 1. The van der Waals surface area contributed by atoms with Crippen LogP contribution in [0.2, 0.25) is 0 Å². The maximum Gasteiger partial charge on any atom is 0.426 e. The fourth-order valence-corrected chi connectivity index (χ4v) is 4.58. The van der Waals surface area contributed by atoms with Crippen LogP contribution in [0.5, 0.6) is 5.88 Å². The van der Waals surface area contributed by atoms with Gasteiger partial charge in [-0.15, -0.1) is 10.2 Å². The van der Waals surface area contributed by atoms with E-state index in [1.54, 1.807) is 85.7 Å². The molecule has 1 unspecified atom stereocenters. The maximum atomic E-state index is 15.1. The van der Waals surface area contributed by atoms with Crippen molar-refractivity contribution in [3.8, 4) is 17.5 Å². The van der Waals surface area contributed by atoms with Gasteiger partial charge in [-0.2, -0.15) is 18.1 Å². The summed E-state index contributed by atoms with van der Waals surface area (Å²) in [6.07, 6.45) is -8.22. The Labute approximate surface area is 276 Å². The predicted octanol–water partition coefficient (Wildman–Crippen LogP) is 7.67. The number of halogens is 3. The Morgan fingerprint density at radius 2 is 1.60 bits per heavy atom. The van der Waals surface area contributed by atoms with Crippen LogP contribution in [0, 0.1) is 6.92 Å². The molecule has 3 aromatic rings. The third kappa shape index (κ3) is 8.81. The fourth-order valence-electron chi connectivity index (χ4n) is 4.58. The van der Waals surface area contributed by atoms with E-state index in [0.29, 0.717) is 22.4 Å². The van der Waals surface area contributed by atoms with E-state index >= 15 is 13.2 Å². The number of benzene rings is 1. The first-order valence-electron chi connectivity index (χ1n) is 15.4. The molecule has 2 amide bonds. The summed E-state index contributed by atoms with van der Waals surface area (Å²) >= 11 is 0. The Hall–Kier alpha value is -4.24. The number of rotatable bonds is 4. The summed E-state index contributed by atoms with van der Waals surface area (Å²) in [6.45, 7) is 12.2. The van der Waals surface area contributed by atoms with Crippen LogP contribution in [-0.2, 0) is 31.2 Å². The van der Waals surface area contributed by atoms with Gasteiger partial charge in [-0.1, -0.05) is 30.3 Å². The van der Waals surface area contributed by atoms with Crippen molar-refractivity contribution in [2.45, 2.75) is 104 Å². The summed E-state index contributed by atoms with van der Waals surface area (Å²) in [6, 6.07) is 9.70.